The minimum Gasteiger partial charge on any atom is -0.550 e. The molecule has 0 rings (SSSR count). The Labute approximate surface area is 79.9 Å². The van der Waals surface area contributed by atoms with Crippen LogP contribution in [0.3, 0.4) is 0 Å². The number of aliphatic carboxylic acids is 2. The van der Waals surface area contributed by atoms with E-state index in [0.29, 0.717) is 0 Å². The molecule has 0 saturated carbocycles. The van der Waals surface area contributed by atoms with Crippen LogP contribution in [0, 0.1) is 0 Å². The molecule has 0 saturated heterocycles. The number of carbonyl (C=O) groups excluding carboxylic acids is 2. The van der Waals surface area contributed by atoms with Crippen molar-refractivity contribution < 1.29 is 53.9 Å². The average Bonchev–Trinajstić information content (AvgIpc) is 1.25. The van der Waals surface area contributed by atoms with E-state index < -0.39 is 11.9 Å². The zero-order chi connectivity index (χ0) is 7.15. The molecule has 0 aliphatic rings. The Morgan fingerprint density at radius 1 is 0.900 bits per heavy atom. The third-order valence-corrected chi connectivity index (χ3v) is 0. The van der Waals surface area contributed by atoms with Gasteiger partial charge in [-0.25, -0.2) is 0 Å². The van der Waals surface area contributed by atoms with Gasteiger partial charge >= 0.3 is 34.1 Å². The van der Waals surface area contributed by atoms with Crippen LogP contribution in [0.1, 0.15) is 13.8 Å². The van der Waals surface area contributed by atoms with Crippen molar-refractivity contribution in [3.05, 3.63) is 0 Å². The molecular weight excluding hydrogens is 239 g/mol. The van der Waals surface area contributed by atoms with Crippen LogP contribution in [0.2, 0.25) is 0 Å². The maximum absolute atomic E-state index is 8.89. The van der Waals surface area contributed by atoms with E-state index in [0.717, 1.165) is 13.8 Å². The number of hydrogen-bond donors (Lipinski definition) is 0. The summed E-state index contributed by atoms with van der Waals surface area (Å²) in [6.45, 7) is 1.94. The SMILES string of the molecule is CC(=O)[O-].CC(=O)[O-].[Cu+2].[Cu+2]. The first-order chi connectivity index (χ1) is 3.46. The van der Waals surface area contributed by atoms with E-state index in [4.69, 9.17) is 19.8 Å². The van der Waals surface area contributed by atoms with E-state index in [1.807, 2.05) is 0 Å². The predicted octanol–water partition coefficient (Wildman–Crippen LogP) is -2.49. The molecule has 0 heterocycles. The van der Waals surface area contributed by atoms with Gasteiger partial charge in [0.05, 0.1) is 0 Å². The Morgan fingerprint density at radius 2 is 0.900 bits per heavy atom. The van der Waals surface area contributed by atoms with Gasteiger partial charge in [0.1, 0.15) is 0 Å². The first-order valence-electron chi connectivity index (χ1n) is 1.82. The van der Waals surface area contributed by atoms with Crippen molar-refractivity contribution in [3.63, 3.8) is 0 Å². The Kier molecular flexibility index (Phi) is 36.0. The van der Waals surface area contributed by atoms with E-state index in [1.54, 1.807) is 0 Å². The third kappa shape index (κ3) is 878000. The Hall–Kier alpha value is -0.0210. The number of rotatable bonds is 0. The fourth-order valence-electron chi connectivity index (χ4n) is 0. The molecule has 66 valence electrons. The maximum atomic E-state index is 8.89. The second-order valence-corrected chi connectivity index (χ2v) is 0.983. The van der Waals surface area contributed by atoms with Crippen LogP contribution in [0.25, 0.3) is 0 Å². The first kappa shape index (κ1) is 22.5. The van der Waals surface area contributed by atoms with E-state index in [1.165, 1.54) is 0 Å². The summed E-state index contributed by atoms with van der Waals surface area (Å²) in [7, 11) is 0. The van der Waals surface area contributed by atoms with Crippen LogP contribution < -0.4 is 10.2 Å². The molecule has 0 aromatic rings. The summed E-state index contributed by atoms with van der Waals surface area (Å²) in [6, 6.07) is 0. The Bertz CT molecular complexity index is 73.3. The van der Waals surface area contributed by atoms with Gasteiger partial charge in [-0.05, 0) is 13.8 Å². The van der Waals surface area contributed by atoms with Crippen LogP contribution in [0.15, 0.2) is 0 Å². The van der Waals surface area contributed by atoms with Gasteiger partial charge in [0.25, 0.3) is 0 Å². The minimum absolute atomic E-state index is 0. The van der Waals surface area contributed by atoms with Gasteiger partial charge in [0.2, 0.25) is 0 Å². The smallest absolute Gasteiger partial charge is 0.550 e. The fraction of sp³-hybridized carbons (Fsp3) is 0.500. The molecule has 0 amide bonds. The maximum Gasteiger partial charge on any atom is 2.00 e. The summed E-state index contributed by atoms with van der Waals surface area (Å²) in [4.78, 5) is 17.8. The van der Waals surface area contributed by atoms with Crippen molar-refractivity contribution in [1.82, 2.24) is 0 Å². The average molecular weight is 245 g/mol. The van der Waals surface area contributed by atoms with E-state index >= 15 is 0 Å². The minimum atomic E-state index is -1.08. The zero-order valence-electron chi connectivity index (χ0n) is 5.24. The van der Waals surface area contributed by atoms with Gasteiger partial charge in [0, 0.05) is 11.9 Å². The molecule has 0 spiro atoms. The van der Waals surface area contributed by atoms with E-state index in [9.17, 15) is 0 Å². The predicted molar refractivity (Wildman–Crippen MR) is 21.4 cm³/mol. The van der Waals surface area contributed by atoms with Gasteiger partial charge in [-0.1, -0.05) is 0 Å². The van der Waals surface area contributed by atoms with Crippen molar-refractivity contribution in [2.75, 3.05) is 0 Å². The molecule has 0 aromatic heterocycles. The molecule has 2 radical (unpaired) electrons. The van der Waals surface area contributed by atoms with Crippen LogP contribution in [-0.4, -0.2) is 11.9 Å². The topological polar surface area (TPSA) is 80.3 Å². The number of hydrogen-bond acceptors (Lipinski definition) is 4. The zero-order valence-corrected chi connectivity index (χ0v) is 7.12. The van der Waals surface area contributed by atoms with Gasteiger partial charge in [-0.15, -0.1) is 0 Å². The van der Waals surface area contributed by atoms with Crippen molar-refractivity contribution in [1.29, 1.82) is 0 Å². The Balaban J connectivity index is -0.0000000300. The molecule has 0 aliphatic carbocycles. The number of carbonyl (C=O) groups is 2. The number of carboxylic acids is 2. The quantitative estimate of drug-likeness (QED) is 0.442. The van der Waals surface area contributed by atoms with Crippen molar-refractivity contribution >= 4 is 11.9 Å². The standard InChI is InChI=1S/2C2H4O2.2Cu/c2*1-2(3)4;;/h2*1H3,(H,3,4);;/q;;2*+2/p-2. The molecule has 0 aromatic carbocycles. The second kappa shape index (κ2) is 16.0. The van der Waals surface area contributed by atoms with E-state index in [2.05, 4.69) is 0 Å². The summed E-state index contributed by atoms with van der Waals surface area (Å²) in [5.41, 5.74) is 0. The van der Waals surface area contributed by atoms with Crippen LogP contribution in [0.5, 0.6) is 0 Å². The van der Waals surface area contributed by atoms with Crippen molar-refractivity contribution in [3.8, 4) is 0 Å². The van der Waals surface area contributed by atoms with Crippen molar-refractivity contribution in [2.24, 2.45) is 0 Å². The molecule has 0 fully saturated rings. The molecule has 10 heavy (non-hydrogen) atoms. The summed E-state index contributed by atoms with van der Waals surface area (Å²) in [6.07, 6.45) is 0. The molecule has 0 aliphatic heterocycles. The largest absolute Gasteiger partial charge is 2.00 e. The number of carboxylic acid groups (broad SMARTS) is 2. The molecule has 0 atom stereocenters. The summed E-state index contributed by atoms with van der Waals surface area (Å²) >= 11 is 0. The normalized spacial score (nSPS) is 5.00. The Morgan fingerprint density at radius 3 is 0.900 bits per heavy atom. The van der Waals surface area contributed by atoms with E-state index in [-0.39, 0.29) is 34.1 Å². The van der Waals surface area contributed by atoms with Gasteiger partial charge in [0.15, 0.2) is 0 Å². The fourth-order valence-corrected chi connectivity index (χ4v) is 0. The van der Waals surface area contributed by atoms with Gasteiger partial charge in [-0.3, -0.25) is 0 Å². The molecule has 0 N–H and O–H groups in total. The van der Waals surface area contributed by atoms with Gasteiger partial charge < -0.3 is 19.8 Å². The molecular formula is C4H6Cu2O4+2. The summed E-state index contributed by atoms with van der Waals surface area (Å²) in [5, 5.41) is 17.8. The summed E-state index contributed by atoms with van der Waals surface area (Å²) < 4.78 is 0. The molecule has 4 nitrogen and oxygen atoms in total. The van der Waals surface area contributed by atoms with Crippen LogP contribution in [0.4, 0.5) is 0 Å². The van der Waals surface area contributed by atoms with Crippen LogP contribution in [-0.2, 0) is 43.7 Å². The molecule has 0 bridgehead atoms. The van der Waals surface area contributed by atoms with Gasteiger partial charge in [-0.2, -0.15) is 0 Å². The first-order valence-corrected chi connectivity index (χ1v) is 1.82. The summed E-state index contributed by atoms with van der Waals surface area (Å²) in [5.74, 6) is -2.17. The van der Waals surface area contributed by atoms with Crippen molar-refractivity contribution in [2.45, 2.75) is 13.8 Å². The monoisotopic (exact) mass is 244 g/mol. The third-order valence-electron chi connectivity index (χ3n) is 0. The van der Waals surface area contributed by atoms with Crippen LogP contribution >= 0.6 is 0 Å². The second-order valence-electron chi connectivity index (χ2n) is 0.983. The molecule has 0 unspecified atom stereocenters. The molecule has 6 heteroatoms.